The molecule has 3 heterocycles. The Kier molecular flexibility index (Phi) is 7.50. The van der Waals surface area contributed by atoms with Gasteiger partial charge in [0.05, 0.1) is 17.7 Å². The number of hydrogen-bond acceptors (Lipinski definition) is 7. The normalized spacial score (nSPS) is 20.5. The van der Waals surface area contributed by atoms with Crippen molar-refractivity contribution in [2.45, 2.75) is 57.8 Å². The van der Waals surface area contributed by atoms with Gasteiger partial charge in [0.2, 0.25) is 5.75 Å². The molecule has 6 rings (SSSR count). The first-order valence-corrected chi connectivity index (χ1v) is 12.9. The molecule has 2 aliphatic heterocycles. The Balaban J connectivity index is 1.58. The summed E-state index contributed by atoms with van der Waals surface area (Å²) in [5, 5.41) is 0. The molecule has 2 bridgehead atoms. The lowest BCUT2D eigenvalue weighted by molar-refractivity contribution is -0.301. The number of rotatable bonds is 9. The summed E-state index contributed by atoms with van der Waals surface area (Å²) in [6, 6.07) is 18.9. The number of benzene rings is 2. The Hall–Kier alpha value is -3.33. The maximum Gasteiger partial charge on any atom is 0.343 e. The summed E-state index contributed by atoms with van der Waals surface area (Å²) in [6.07, 6.45) is 3.82. The summed E-state index contributed by atoms with van der Waals surface area (Å²) < 4.78 is 7.44. The lowest BCUT2D eigenvalue weighted by Gasteiger charge is -2.43. The van der Waals surface area contributed by atoms with E-state index in [0.29, 0.717) is 30.5 Å². The van der Waals surface area contributed by atoms with Crippen LogP contribution in [0, 0.1) is 5.92 Å². The highest BCUT2D eigenvalue weighted by Gasteiger charge is 2.47. The molecule has 0 spiro atoms. The second-order valence-electron chi connectivity index (χ2n) is 9.87. The van der Waals surface area contributed by atoms with Crippen LogP contribution in [0.15, 0.2) is 65.5 Å². The maximum atomic E-state index is 14.0. The first-order chi connectivity index (χ1) is 18.0. The highest BCUT2D eigenvalue weighted by Crippen LogP contribution is 2.46. The second-order valence-corrected chi connectivity index (χ2v) is 9.87. The average Bonchev–Trinajstić information content (AvgIpc) is 3.19. The van der Waals surface area contributed by atoms with Crippen LogP contribution in [-0.2, 0) is 35.0 Å². The fraction of sp³-hybridized carbons (Fsp3) is 0.414. The Morgan fingerprint density at radius 2 is 1.73 bits per heavy atom. The molecule has 1 fully saturated rings. The monoisotopic (exact) mass is 503 g/mol. The summed E-state index contributed by atoms with van der Waals surface area (Å²) in [5.41, 5.74) is 1.07. The SMILES string of the molecule is CCOOCc1nc2n(c(=O)c1OC(=O)c1ccccc1)CC1CCC2(N(C)Cc2ccccc2)CC1. The van der Waals surface area contributed by atoms with Crippen LogP contribution in [0.25, 0.3) is 0 Å². The van der Waals surface area contributed by atoms with Crippen LogP contribution in [0.2, 0.25) is 0 Å². The quantitative estimate of drug-likeness (QED) is 0.185. The fourth-order valence-electron chi connectivity index (χ4n) is 5.59. The van der Waals surface area contributed by atoms with Crippen LogP contribution in [0.5, 0.6) is 5.75 Å². The molecule has 0 unspecified atom stereocenters. The number of fused-ring (bicyclic) bond motifs is 2. The minimum atomic E-state index is -0.606. The van der Waals surface area contributed by atoms with Crippen molar-refractivity contribution >= 4 is 5.97 Å². The third-order valence-corrected chi connectivity index (χ3v) is 7.58. The molecule has 0 N–H and O–H groups in total. The van der Waals surface area contributed by atoms with Crippen molar-refractivity contribution < 1.29 is 19.3 Å². The van der Waals surface area contributed by atoms with E-state index in [-0.39, 0.29) is 23.6 Å². The fourth-order valence-corrected chi connectivity index (χ4v) is 5.59. The molecule has 1 saturated carbocycles. The highest BCUT2D eigenvalue weighted by atomic mass is 17.2. The van der Waals surface area contributed by atoms with Crippen molar-refractivity contribution in [2.75, 3.05) is 13.7 Å². The molecule has 1 aromatic heterocycles. The minimum Gasteiger partial charge on any atom is -0.415 e. The van der Waals surface area contributed by atoms with Crippen molar-refractivity contribution in [2.24, 2.45) is 5.92 Å². The van der Waals surface area contributed by atoms with E-state index in [1.54, 1.807) is 28.8 Å². The molecule has 0 amide bonds. The third-order valence-electron chi connectivity index (χ3n) is 7.58. The third kappa shape index (κ3) is 5.09. The van der Waals surface area contributed by atoms with Gasteiger partial charge in [-0.1, -0.05) is 48.5 Å². The van der Waals surface area contributed by atoms with Gasteiger partial charge in [-0.25, -0.2) is 19.6 Å². The van der Waals surface area contributed by atoms with E-state index in [0.717, 1.165) is 32.2 Å². The van der Waals surface area contributed by atoms with Gasteiger partial charge in [0.15, 0.2) is 0 Å². The van der Waals surface area contributed by atoms with Gasteiger partial charge in [0.25, 0.3) is 5.56 Å². The van der Waals surface area contributed by atoms with E-state index in [1.165, 1.54) is 5.56 Å². The molecule has 3 aliphatic rings. The molecule has 37 heavy (non-hydrogen) atoms. The Labute approximate surface area is 216 Å². The van der Waals surface area contributed by atoms with Gasteiger partial charge < -0.3 is 4.74 Å². The average molecular weight is 504 g/mol. The molecular formula is C29H33N3O5. The standard InChI is InChI=1S/C29H33N3O5/c1-3-35-36-20-24-25(37-27(34)23-12-8-5-9-13-23)26(33)32-19-22-14-16-29(17-15-22,28(32)30-24)31(2)18-21-10-6-4-7-11-21/h4-13,22H,3,14-20H2,1-2H3. The number of hydrogen-bond donors (Lipinski definition) is 0. The van der Waals surface area contributed by atoms with Crippen LogP contribution in [0.1, 0.15) is 60.0 Å². The molecule has 1 aliphatic carbocycles. The van der Waals surface area contributed by atoms with Crippen molar-refractivity contribution in [1.29, 1.82) is 0 Å². The first-order valence-electron chi connectivity index (χ1n) is 12.9. The van der Waals surface area contributed by atoms with Crippen molar-refractivity contribution in [1.82, 2.24) is 14.5 Å². The van der Waals surface area contributed by atoms with Crippen molar-refractivity contribution in [3.63, 3.8) is 0 Å². The number of aromatic nitrogens is 2. The van der Waals surface area contributed by atoms with Crippen molar-refractivity contribution in [3.05, 3.63) is 93.7 Å². The van der Waals surface area contributed by atoms with Gasteiger partial charge in [-0.2, -0.15) is 0 Å². The molecule has 3 aromatic rings. The molecule has 2 aromatic carbocycles. The molecule has 8 nitrogen and oxygen atoms in total. The predicted octanol–water partition coefficient (Wildman–Crippen LogP) is 4.46. The number of esters is 1. The van der Waals surface area contributed by atoms with E-state index in [4.69, 9.17) is 19.5 Å². The number of carbonyl (C=O) groups excluding carboxylic acids is 1. The van der Waals surface area contributed by atoms with Gasteiger partial charge >= 0.3 is 5.97 Å². The molecule has 0 atom stereocenters. The predicted molar refractivity (Wildman–Crippen MR) is 138 cm³/mol. The number of ether oxygens (including phenoxy) is 1. The smallest absolute Gasteiger partial charge is 0.343 e. The zero-order chi connectivity index (χ0) is 25.8. The lowest BCUT2D eigenvalue weighted by atomic mass is 9.76. The Morgan fingerprint density at radius 1 is 1.05 bits per heavy atom. The van der Waals surface area contributed by atoms with Crippen LogP contribution in [0.3, 0.4) is 0 Å². The summed E-state index contributed by atoms with van der Waals surface area (Å²) in [5.74, 6) is 0.387. The summed E-state index contributed by atoms with van der Waals surface area (Å²) in [6.45, 7) is 3.34. The van der Waals surface area contributed by atoms with Gasteiger partial charge in [-0.3, -0.25) is 14.3 Å². The molecule has 0 saturated heterocycles. The zero-order valence-corrected chi connectivity index (χ0v) is 21.4. The van der Waals surface area contributed by atoms with E-state index in [2.05, 4.69) is 24.1 Å². The first kappa shape index (κ1) is 25.3. The summed E-state index contributed by atoms with van der Waals surface area (Å²) in [7, 11) is 2.11. The van der Waals surface area contributed by atoms with E-state index in [9.17, 15) is 9.59 Å². The van der Waals surface area contributed by atoms with Crippen LogP contribution in [-0.4, -0.2) is 34.1 Å². The van der Waals surface area contributed by atoms with E-state index < -0.39 is 11.5 Å². The van der Waals surface area contributed by atoms with Crippen LogP contribution < -0.4 is 10.3 Å². The zero-order valence-electron chi connectivity index (χ0n) is 21.4. The Morgan fingerprint density at radius 3 is 2.41 bits per heavy atom. The topological polar surface area (TPSA) is 82.9 Å². The van der Waals surface area contributed by atoms with Gasteiger partial charge in [0, 0.05) is 13.1 Å². The molecule has 8 heteroatoms. The van der Waals surface area contributed by atoms with E-state index >= 15 is 0 Å². The van der Waals surface area contributed by atoms with Gasteiger partial charge in [0.1, 0.15) is 18.1 Å². The number of carbonyl (C=O) groups is 1. The minimum absolute atomic E-state index is 0.0977. The van der Waals surface area contributed by atoms with Crippen LogP contribution in [0.4, 0.5) is 0 Å². The Bertz CT molecular complexity index is 1280. The molecule has 194 valence electrons. The van der Waals surface area contributed by atoms with E-state index in [1.807, 2.05) is 31.2 Å². The van der Waals surface area contributed by atoms with Crippen LogP contribution >= 0.6 is 0 Å². The van der Waals surface area contributed by atoms with Crippen molar-refractivity contribution in [3.8, 4) is 5.75 Å². The largest absolute Gasteiger partial charge is 0.415 e. The summed E-state index contributed by atoms with van der Waals surface area (Å²) >= 11 is 0. The molecule has 0 radical (unpaired) electrons. The van der Waals surface area contributed by atoms with Gasteiger partial charge in [-0.15, -0.1) is 0 Å². The van der Waals surface area contributed by atoms with Gasteiger partial charge in [-0.05, 0) is 63.3 Å². The lowest BCUT2D eigenvalue weighted by Crippen LogP contribution is -2.47. The maximum absolute atomic E-state index is 14.0. The number of nitrogens with zero attached hydrogens (tertiary/aromatic N) is 3. The summed E-state index contributed by atoms with van der Waals surface area (Å²) in [4.78, 5) is 44.6. The highest BCUT2D eigenvalue weighted by molar-refractivity contribution is 5.91. The second kappa shape index (κ2) is 11.0. The molecular weight excluding hydrogens is 470 g/mol.